The fraction of sp³-hybridized carbons (Fsp3) is 0.273. The number of alkyl halides is 1. The molecule has 0 heterocycles. The quantitative estimate of drug-likeness (QED) is 0.325. The van der Waals surface area contributed by atoms with Gasteiger partial charge in [-0.05, 0) is 33.1 Å². The minimum Gasteiger partial charge on any atom is -0.422 e. The van der Waals surface area contributed by atoms with E-state index in [-0.39, 0.29) is 5.38 Å². The van der Waals surface area contributed by atoms with Crippen LogP contribution >= 0.6 is 11.6 Å². The molecular weight excluding hydrogens is 364 g/mol. The van der Waals surface area contributed by atoms with Gasteiger partial charge in [0.15, 0.2) is 0 Å². The van der Waals surface area contributed by atoms with Crippen LogP contribution in [0.2, 0.25) is 0 Å². The molecule has 1 unspecified atom stereocenters. The zero-order valence-electron chi connectivity index (χ0n) is 15.4. The van der Waals surface area contributed by atoms with Crippen molar-refractivity contribution < 1.29 is 19.1 Å². The molecule has 0 radical (unpaired) electrons. The third-order valence-electron chi connectivity index (χ3n) is 4.55. The topological polar surface area (TPSA) is 52.6 Å². The first-order valence-electron chi connectivity index (χ1n) is 8.75. The van der Waals surface area contributed by atoms with Crippen molar-refractivity contribution in [1.29, 1.82) is 0 Å². The molecule has 0 spiro atoms. The van der Waals surface area contributed by atoms with Gasteiger partial charge in [0.1, 0.15) is 11.5 Å². The molecule has 1 aliphatic rings. The van der Waals surface area contributed by atoms with Crippen LogP contribution in [0.25, 0.3) is 10.8 Å². The first kappa shape index (κ1) is 19.2. The number of carbonyl (C=O) groups excluding carboxylic acids is 2. The summed E-state index contributed by atoms with van der Waals surface area (Å²) in [6.45, 7) is 10.5. The second-order valence-electron chi connectivity index (χ2n) is 6.84. The number of ether oxygens (including phenoxy) is 2. The zero-order valence-corrected chi connectivity index (χ0v) is 16.2. The van der Waals surface area contributed by atoms with E-state index in [1.54, 1.807) is 13.8 Å². The Morgan fingerprint density at radius 2 is 1.44 bits per heavy atom. The predicted molar refractivity (Wildman–Crippen MR) is 107 cm³/mol. The van der Waals surface area contributed by atoms with E-state index in [1.165, 1.54) is 0 Å². The molecule has 0 saturated heterocycles. The number of rotatable bonds is 4. The van der Waals surface area contributed by atoms with Crippen LogP contribution in [0.1, 0.15) is 31.4 Å². The minimum atomic E-state index is -0.495. The lowest BCUT2D eigenvalue weighted by molar-refractivity contribution is -0.131. The third kappa shape index (κ3) is 3.76. The molecule has 140 valence electrons. The van der Waals surface area contributed by atoms with Gasteiger partial charge in [-0.1, -0.05) is 37.4 Å². The van der Waals surface area contributed by atoms with Crippen LogP contribution in [-0.2, 0) is 22.4 Å². The standard InChI is InChI=1S/C22H21ClO4/c1-12(2)21(24)26-19-15-7-5-6-8-16(15)20(27-22(25)13(3)4)18-11-14(23)9-10-17(18)19/h5-8,14H,1,3,9-11H2,2,4H3. The van der Waals surface area contributed by atoms with Crippen molar-refractivity contribution in [2.75, 3.05) is 0 Å². The molecule has 0 aliphatic heterocycles. The van der Waals surface area contributed by atoms with Crippen LogP contribution in [-0.4, -0.2) is 17.3 Å². The molecule has 5 heteroatoms. The monoisotopic (exact) mass is 384 g/mol. The smallest absolute Gasteiger partial charge is 0.338 e. The molecule has 0 saturated carbocycles. The molecule has 2 aromatic rings. The van der Waals surface area contributed by atoms with E-state index in [0.29, 0.717) is 46.3 Å². The van der Waals surface area contributed by atoms with E-state index in [4.69, 9.17) is 21.1 Å². The van der Waals surface area contributed by atoms with E-state index in [1.807, 2.05) is 24.3 Å². The molecule has 1 atom stereocenters. The summed E-state index contributed by atoms with van der Waals surface area (Å²) in [6.07, 6.45) is 1.90. The number of halogens is 1. The Kier molecular flexibility index (Phi) is 5.38. The SMILES string of the molecule is C=C(C)C(=O)Oc1c2c(c(OC(=O)C(=C)C)c3ccccc13)CC(Cl)CC2. The summed E-state index contributed by atoms with van der Waals surface area (Å²) < 4.78 is 11.4. The fourth-order valence-corrected chi connectivity index (χ4v) is 3.44. The van der Waals surface area contributed by atoms with E-state index in [9.17, 15) is 9.59 Å². The first-order valence-corrected chi connectivity index (χ1v) is 9.19. The van der Waals surface area contributed by atoms with Crippen LogP contribution < -0.4 is 9.47 Å². The van der Waals surface area contributed by atoms with Gasteiger partial charge in [0.25, 0.3) is 0 Å². The molecule has 3 rings (SSSR count). The zero-order chi connectivity index (χ0) is 19.7. The van der Waals surface area contributed by atoms with Gasteiger partial charge in [-0.15, -0.1) is 11.6 Å². The summed E-state index contributed by atoms with van der Waals surface area (Å²) >= 11 is 6.40. The number of hydrogen-bond donors (Lipinski definition) is 0. The predicted octanol–water partition coefficient (Wildman–Crippen LogP) is 4.90. The van der Waals surface area contributed by atoms with Crippen LogP contribution in [0, 0.1) is 0 Å². The lowest BCUT2D eigenvalue weighted by Crippen LogP contribution is -2.20. The maximum atomic E-state index is 12.2. The Bertz CT molecular complexity index is 974. The van der Waals surface area contributed by atoms with E-state index >= 15 is 0 Å². The summed E-state index contributed by atoms with van der Waals surface area (Å²) in [5, 5.41) is 1.33. The summed E-state index contributed by atoms with van der Waals surface area (Å²) in [5.41, 5.74) is 2.28. The Morgan fingerprint density at radius 1 is 0.963 bits per heavy atom. The third-order valence-corrected chi connectivity index (χ3v) is 4.92. The maximum absolute atomic E-state index is 12.2. The van der Waals surface area contributed by atoms with Gasteiger partial charge in [0.2, 0.25) is 0 Å². The van der Waals surface area contributed by atoms with Crippen molar-refractivity contribution in [3.63, 3.8) is 0 Å². The lowest BCUT2D eigenvalue weighted by atomic mass is 9.87. The van der Waals surface area contributed by atoms with Gasteiger partial charge in [0.05, 0.1) is 0 Å². The van der Waals surface area contributed by atoms with E-state index in [0.717, 1.165) is 17.5 Å². The molecule has 4 nitrogen and oxygen atoms in total. The normalized spacial score (nSPS) is 15.7. The minimum absolute atomic E-state index is 0.0781. The molecule has 0 bridgehead atoms. The lowest BCUT2D eigenvalue weighted by Gasteiger charge is -2.26. The molecule has 27 heavy (non-hydrogen) atoms. The highest BCUT2D eigenvalue weighted by molar-refractivity contribution is 6.21. The molecule has 0 fully saturated rings. The maximum Gasteiger partial charge on any atom is 0.338 e. The second kappa shape index (κ2) is 7.57. The van der Waals surface area contributed by atoms with Crippen molar-refractivity contribution in [3.8, 4) is 11.5 Å². The summed E-state index contributed by atoms with van der Waals surface area (Å²) in [7, 11) is 0. The number of esters is 2. The van der Waals surface area contributed by atoms with Crippen molar-refractivity contribution in [2.45, 2.75) is 38.5 Å². The van der Waals surface area contributed by atoms with Gasteiger partial charge < -0.3 is 9.47 Å². The first-order chi connectivity index (χ1) is 12.8. The van der Waals surface area contributed by atoms with Crippen LogP contribution in [0.15, 0.2) is 48.6 Å². The Labute approximate surface area is 163 Å². The van der Waals surface area contributed by atoms with Crippen LogP contribution in [0.5, 0.6) is 11.5 Å². The van der Waals surface area contributed by atoms with Crippen LogP contribution in [0.4, 0.5) is 0 Å². The van der Waals surface area contributed by atoms with Gasteiger partial charge in [-0.25, -0.2) is 9.59 Å². The fourth-order valence-electron chi connectivity index (χ4n) is 3.18. The highest BCUT2D eigenvalue weighted by Crippen LogP contribution is 2.45. The van der Waals surface area contributed by atoms with E-state index in [2.05, 4.69) is 13.2 Å². The van der Waals surface area contributed by atoms with Gasteiger partial charge in [-0.3, -0.25) is 0 Å². The molecule has 0 amide bonds. The van der Waals surface area contributed by atoms with Crippen molar-refractivity contribution in [2.24, 2.45) is 0 Å². The van der Waals surface area contributed by atoms with Gasteiger partial charge in [-0.2, -0.15) is 0 Å². The van der Waals surface area contributed by atoms with Crippen molar-refractivity contribution in [3.05, 3.63) is 59.7 Å². The highest BCUT2D eigenvalue weighted by atomic mass is 35.5. The largest absolute Gasteiger partial charge is 0.422 e. The van der Waals surface area contributed by atoms with Crippen molar-refractivity contribution >= 4 is 34.3 Å². The average molecular weight is 385 g/mol. The Morgan fingerprint density at radius 3 is 1.93 bits per heavy atom. The summed E-state index contributed by atoms with van der Waals surface area (Å²) in [6, 6.07) is 7.39. The molecule has 0 aromatic heterocycles. The summed E-state index contributed by atoms with van der Waals surface area (Å²) in [5.74, 6) is -0.0193. The second-order valence-corrected chi connectivity index (χ2v) is 7.46. The number of fused-ring (bicyclic) bond motifs is 2. The Hall–Kier alpha value is -2.59. The molecule has 1 aliphatic carbocycles. The van der Waals surface area contributed by atoms with Crippen molar-refractivity contribution in [1.82, 2.24) is 0 Å². The summed E-state index contributed by atoms with van der Waals surface area (Å²) in [4.78, 5) is 24.4. The average Bonchev–Trinajstić information content (AvgIpc) is 2.63. The number of hydrogen-bond acceptors (Lipinski definition) is 4. The number of carbonyl (C=O) groups is 2. The molecule has 0 N–H and O–H groups in total. The number of benzene rings is 2. The highest BCUT2D eigenvalue weighted by Gasteiger charge is 2.29. The van der Waals surface area contributed by atoms with Gasteiger partial charge >= 0.3 is 11.9 Å². The molecular formula is C22H21ClO4. The molecule has 2 aromatic carbocycles. The van der Waals surface area contributed by atoms with E-state index < -0.39 is 11.9 Å². The Balaban J connectivity index is 2.28. The van der Waals surface area contributed by atoms with Gasteiger partial charge in [0, 0.05) is 38.4 Å². The van der Waals surface area contributed by atoms with Crippen LogP contribution in [0.3, 0.4) is 0 Å².